The van der Waals surface area contributed by atoms with Gasteiger partial charge in [0.05, 0.1) is 0 Å². The lowest BCUT2D eigenvalue weighted by atomic mass is 10.2. The van der Waals surface area contributed by atoms with Crippen LogP contribution in [0, 0.1) is 5.82 Å². The summed E-state index contributed by atoms with van der Waals surface area (Å²) in [6.07, 6.45) is 1.92. The van der Waals surface area contributed by atoms with Crippen LogP contribution in [0.2, 0.25) is 0 Å². The molecule has 1 rings (SSSR count). The molecule has 0 aromatic heterocycles. The summed E-state index contributed by atoms with van der Waals surface area (Å²) in [7, 11) is 0. The minimum absolute atomic E-state index is 0.212. The smallest absolute Gasteiger partial charge is 0.133 e. The highest BCUT2D eigenvalue weighted by Gasteiger charge is 1.95. The van der Waals surface area contributed by atoms with Crippen molar-refractivity contribution in [2.24, 2.45) is 0 Å². The molecule has 4 heteroatoms. The zero-order chi connectivity index (χ0) is 9.68. The summed E-state index contributed by atoms with van der Waals surface area (Å²) in [6, 6.07) is 6.37. The number of hydrogen-bond donors (Lipinski definition) is 1. The van der Waals surface area contributed by atoms with Crippen molar-refractivity contribution in [2.75, 3.05) is 6.26 Å². The van der Waals surface area contributed by atoms with Gasteiger partial charge in [0.1, 0.15) is 10.1 Å². The number of benzene rings is 1. The molecule has 1 aromatic carbocycles. The number of halogens is 1. The van der Waals surface area contributed by atoms with E-state index >= 15 is 0 Å². The fourth-order valence-corrected chi connectivity index (χ4v) is 1.14. The Kier molecular flexibility index (Phi) is 4.18. The van der Waals surface area contributed by atoms with Gasteiger partial charge in [-0.05, 0) is 24.0 Å². The Balaban J connectivity index is 2.46. The van der Waals surface area contributed by atoms with E-state index in [0.717, 1.165) is 9.88 Å². The molecule has 0 saturated carbocycles. The molecule has 0 bridgehead atoms. The average Bonchev–Trinajstić information content (AvgIpc) is 2.16. The molecule has 0 heterocycles. The highest BCUT2D eigenvalue weighted by atomic mass is 32.2. The Labute approximate surface area is 86.7 Å². The molecule has 70 valence electrons. The van der Waals surface area contributed by atoms with Gasteiger partial charge in [0.25, 0.3) is 0 Å². The highest BCUT2D eigenvalue weighted by molar-refractivity contribution is 8.22. The van der Waals surface area contributed by atoms with E-state index in [9.17, 15) is 4.39 Å². The maximum Gasteiger partial charge on any atom is 0.133 e. The number of rotatable bonds is 2. The van der Waals surface area contributed by atoms with Gasteiger partial charge >= 0.3 is 0 Å². The maximum atomic E-state index is 12.5. The Morgan fingerprint density at radius 1 is 1.46 bits per heavy atom. The third-order valence-corrected chi connectivity index (χ3v) is 2.69. The van der Waals surface area contributed by atoms with Crippen molar-refractivity contribution in [2.45, 2.75) is 6.54 Å². The van der Waals surface area contributed by atoms with Crippen LogP contribution in [0.15, 0.2) is 24.3 Å². The van der Waals surface area contributed by atoms with Crippen molar-refractivity contribution >= 4 is 28.3 Å². The van der Waals surface area contributed by atoms with Crippen molar-refractivity contribution in [3.05, 3.63) is 35.6 Å². The van der Waals surface area contributed by atoms with Crippen molar-refractivity contribution in [1.82, 2.24) is 5.32 Å². The molecule has 0 aliphatic rings. The largest absolute Gasteiger partial charge is 0.367 e. The topological polar surface area (TPSA) is 12.0 Å². The van der Waals surface area contributed by atoms with Gasteiger partial charge in [-0.1, -0.05) is 24.4 Å². The molecule has 1 nitrogen and oxygen atoms in total. The van der Waals surface area contributed by atoms with E-state index in [1.54, 1.807) is 12.1 Å². The highest BCUT2D eigenvalue weighted by Crippen LogP contribution is 2.03. The van der Waals surface area contributed by atoms with Crippen molar-refractivity contribution in [3.8, 4) is 0 Å². The summed E-state index contributed by atoms with van der Waals surface area (Å²) >= 11 is 6.45. The first-order valence-electron chi connectivity index (χ1n) is 3.78. The number of thioether (sulfide) groups is 1. The Hall–Kier alpha value is -0.610. The van der Waals surface area contributed by atoms with Gasteiger partial charge in [-0.15, -0.1) is 11.8 Å². The third-order valence-electron chi connectivity index (χ3n) is 1.54. The SMILES string of the molecule is CSC(=S)NCc1ccc(F)cc1. The summed E-state index contributed by atoms with van der Waals surface area (Å²) in [4.78, 5) is 0. The molecule has 0 unspecified atom stereocenters. The predicted octanol–water partition coefficient (Wildman–Crippen LogP) is 2.56. The van der Waals surface area contributed by atoms with E-state index < -0.39 is 0 Å². The van der Waals surface area contributed by atoms with Gasteiger partial charge in [-0.3, -0.25) is 0 Å². The molecule has 0 saturated heterocycles. The van der Waals surface area contributed by atoms with Gasteiger partial charge in [-0.2, -0.15) is 0 Å². The molecule has 0 atom stereocenters. The van der Waals surface area contributed by atoms with E-state index in [1.165, 1.54) is 23.9 Å². The zero-order valence-electron chi connectivity index (χ0n) is 7.21. The Morgan fingerprint density at radius 2 is 2.08 bits per heavy atom. The molecule has 0 amide bonds. The second-order valence-corrected chi connectivity index (χ2v) is 3.95. The normalized spacial score (nSPS) is 9.69. The second-order valence-electron chi connectivity index (χ2n) is 2.47. The molecule has 13 heavy (non-hydrogen) atoms. The standard InChI is InChI=1S/C9H10FNS2/c1-13-9(12)11-6-7-2-4-8(10)5-3-7/h2-5H,6H2,1H3,(H,11,12). The van der Waals surface area contributed by atoms with Gasteiger partial charge in [-0.25, -0.2) is 4.39 Å². The van der Waals surface area contributed by atoms with Crippen LogP contribution in [0.4, 0.5) is 4.39 Å². The van der Waals surface area contributed by atoms with E-state index in [4.69, 9.17) is 12.2 Å². The molecule has 1 N–H and O–H groups in total. The van der Waals surface area contributed by atoms with Gasteiger partial charge in [0.2, 0.25) is 0 Å². The van der Waals surface area contributed by atoms with Crippen LogP contribution in [-0.4, -0.2) is 10.6 Å². The van der Waals surface area contributed by atoms with Gasteiger partial charge in [0, 0.05) is 6.54 Å². The van der Waals surface area contributed by atoms with Crippen molar-refractivity contribution < 1.29 is 4.39 Å². The van der Waals surface area contributed by atoms with Crippen LogP contribution < -0.4 is 5.32 Å². The van der Waals surface area contributed by atoms with E-state index in [0.29, 0.717) is 6.54 Å². The minimum atomic E-state index is -0.212. The summed E-state index contributed by atoms with van der Waals surface area (Å²) in [5, 5.41) is 3.04. The molecular formula is C9H10FNS2. The van der Waals surface area contributed by atoms with Gasteiger partial charge < -0.3 is 5.32 Å². The first-order chi connectivity index (χ1) is 6.22. The van der Waals surface area contributed by atoms with Gasteiger partial charge in [0.15, 0.2) is 0 Å². The lowest BCUT2D eigenvalue weighted by Gasteiger charge is -2.04. The minimum Gasteiger partial charge on any atom is -0.367 e. The first kappa shape index (κ1) is 10.5. The fourth-order valence-electron chi connectivity index (χ4n) is 0.849. The van der Waals surface area contributed by atoms with Crippen LogP contribution in [0.5, 0.6) is 0 Å². The lowest BCUT2D eigenvalue weighted by molar-refractivity contribution is 0.627. The third kappa shape index (κ3) is 3.74. The fraction of sp³-hybridized carbons (Fsp3) is 0.222. The van der Waals surface area contributed by atoms with Crippen molar-refractivity contribution in [1.29, 1.82) is 0 Å². The predicted molar refractivity (Wildman–Crippen MR) is 59.4 cm³/mol. The Morgan fingerprint density at radius 3 is 2.62 bits per heavy atom. The second kappa shape index (κ2) is 5.19. The van der Waals surface area contributed by atoms with Crippen LogP contribution in [0.3, 0.4) is 0 Å². The summed E-state index contributed by atoms with van der Waals surface area (Å²) in [5.74, 6) is -0.212. The van der Waals surface area contributed by atoms with Crippen LogP contribution in [0.25, 0.3) is 0 Å². The quantitative estimate of drug-likeness (QED) is 0.761. The summed E-state index contributed by atoms with van der Waals surface area (Å²) < 4.78 is 13.3. The van der Waals surface area contributed by atoms with E-state index in [2.05, 4.69) is 5.32 Å². The number of hydrogen-bond acceptors (Lipinski definition) is 2. The monoisotopic (exact) mass is 215 g/mol. The summed E-state index contributed by atoms with van der Waals surface area (Å²) in [6.45, 7) is 0.653. The van der Waals surface area contributed by atoms with Crippen LogP contribution in [0.1, 0.15) is 5.56 Å². The molecule has 0 radical (unpaired) electrons. The summed E-state index contributed by atoms with van der Waals surface area (Å²) in [5.41, 5.74) is 1.03. The van der Waals surface area contributed by atoms with Crippen molar-refractivity contribution in [3.63, 3.8) is 0 Å². The zero-order valence-corrected chi connectivity index (χ0v) is 8.84. The number of nitrogens with one attached hydrogen (secondary N) is 1. The molecule has 0 fully saturated rings. The molecular weight excluding hydrogens is 205 g/mol. The molecule has 1 aromatic rings. The molecule has 0 aliphatic heterocycles. The van der Waals surface area contributed by atoms with Crippen LogP contribution >= 0.6 is 24.0 Å². The Bertz CT molecular complexity index is 284. The maximum absolute atomic E-state index is 12.5. The first-order valence-corrected chi connectivity index (χ1v) is 5.42. The lowest BCUT2D eigenvalue weighted by Crippen LogP contribution is -2.16. The van der Waals surface area contributed by atoms with E-state index in [-0.39, 0.29) is 5.82 Å². The van der Waals surface area contributed by atoms with E-state index in [1.807, 2.05) is 6.26 Å². The average molecular weight is 215 g/mol. The molecule has 0 spiro atoms. The van der Waals surface area contributed by atoms with Crippen LogP contribution in [-0.2, 0) is 6.54 Å². The molecule has 0 aliphatic carbocycles. The number of thiocarbonyl (C=S) groups is 1.